The second-order valence-corrected chi connectivity index (χ2v) is 7.37. The molecular weight excluding hydrogens is 312 g/mol. The van der Waals surface area contributed by atoms with Crippen LogP contribution in [0.15, 0.2) is 0 Å². The molecule has 0 saturated carbocycles. The summed E-state index contributed by atoms with van der Waals surface area (Å²) >= 11 is 0. The van der Waals surface area contributed by atoms with Crippen molar-refractivity contribution in [1.29, 1.82) is 0 Å². The second kappa shape index (κ2) is 19.7. The molecule has 0 aromatic heterocycles. The minimum Gasteiger partial charge on any atom is -0.395 e. The highest BCUT2D eigenvalue weighted by Gasteiger charge is 2.02. The van der Waals surface area contributed by atoms with Gasteiger partial charge in [0.1, 0.15) is 0 Å². The maximum absolute atomic E-state index is 11.7. The lowest BCUT2D eigenvalue weighted by Crippen LogP contribution is -2.29. The second-order valence-electron chi connectivity index (χ2n) is 7.37. The highest BCUT2D eigenvalue weighted by atomic mass is 16.3. The molecule has 0 aliphatic rings. The van der Waals surface area contributed by atoms with Crippen LogP contribution >= 0.6 is 0 Å². The molecule has 4 heteroatoms. The zero-order valence-corrected chi connectivity index (χ0v) is 17.0. The Labute approximate surface area is 156 Å². The topological polar surface area (TPSA) is 52.6 Å². The average molecular weight is 357 g/mol. The van der Waals surface area contributed by atoms with Crippen LogP contribution in [0.2, 0.25) is 0 Å². The third-order valence-corrected chi connectivity index (χ3v) is 4.78. The molecule has 0 aliphatic heterocycles. The predicted molar refractivity (Wildman–Crippen MR) is 108 cm³/mol. The minimum atomic E-state index is 0.192. The molecule has 0 saturated heterocycles. The van der Waals surface area contributed by atoms with Crippen molar-refractivity contribution in [3.63, 3.8) is 0 Å². The van der Waals surface area contributed by atoms with Gasteiger partial charge in [-0.25, -0.2) is 0 Å². The lowest BCUT2D eigenvalue weighted by Gasteiger charge is -2.14. The number of aliphatic hydroxyl groups is 1. The molecule has 25 heavy (non-hydrogen) atoms. The van der Waals surface area contributed by atoms with E-state index < -0.39 is 0 Å². The molecule has 0 aliphatic carbocycles. The summed E-state index contributed by atoms with van der Waals surface area (Å²) in [6.45, 7) is 4.82. The summed E-state index contributed by atoms with van der Waals surface area (Å²) in [5.74, 6) is 0.192. The molecule has 1 amide bonds. The molecule has 0 rings (SSSR count). The van der Waals surface area contributed by atoms with E-state index in [1.54, 1.807) is 0 Å². The number of rotatable bonds is 19. The van der Waals surface area contributed by atoms with Crippen LogP contribution in [0.5, 0.6) is 0 Å². The molecule has 0 aromatic rings. The maximum atomic E-state index is 11.7. The van der Waals surface area contributed by atoms with Crippen molar-refractivity contribution in [1.82, 2.24) is 10.2 Å². The molecule has 150 valence electrons. The van der Waals surface area contributed by atoms with Crippen LogP contribution in [0.4, 0.5) is 0 Å². The van der Waals surface area contributed by atoms with E-state index in [2.05, 4.69) is 17.1 Å². The van der Waals surface area contributed by atoms with Gasteiger partial charge in [0.05, 0.1) is 6.61 Å². The zero-order chi connectivity index (χ0) is 18.6. The van der Waals surface area contributed by atoms with E-state index in [1.807, 2.05) is 7.05 Å². The lowest BCUT2D eigenvalue weighted by atomic mass is 10.0. The average Bonchev–Trinajstić information content (AvgIpc) is 2.60. The van der Waals surface area contributed by atoms with Crippen LogP contribution in [0.3, 0.4) is 0 Å². The minimum absolute atomic E-state index is 0.192. The summed E-state index contributed by atoms with van der Waals surface area (Å²) in [6.07, 6.45) is 17.5. The third-order valence-electron chi connectivity index (χ3n) is 4.78. The van der Waals surface area contributed by atoms with E-state index in [9.17, 15) is 4.79 Å². The number of hydrogen-bond acceptors (Lipinski definition) is 3. The van der Waals surface area contributed by atoms with Gasteiger partial charge in [-0.1, -0.05) is 77.6 Å². The Hall–Kier alpha value is -0.610. The summed E-state index contributed by atoms with van der Waals surface area (Å²) in [6, 6.07) is 0. The molecule has 0 radical (unpaired) electrons. The molecule has 0 aromatic carbocycles. The van der Waals surface area contributed by atoms with Crippen LogP contribution in [-0.2, 0) is 4.79 Å². The molecule has 4 nitrogen and oxygen atoms in total. The van der Waals surface area contributed by atoms with E-state index >= 15 is 0 Å². The van der Waals surface area contributed by atoms with Crippen molar-refractivity contribution in [2.24, 2.45) is 0 Å². The van der Waals surface area contributed by atoms with Gasteiger partial charge in [0.25, 0.3) is 0 Å². The molecular formula is C21H44N2O2. The summed E-state index contributed by atoms with van der Waals surface area (Å²) in [4.78, 5) is 13.8. The van der Waals surface area contributed by atoms with Crippen molar-refractivity contribution in [3.05, 3.63) is 0 Å². The van der Waals surface area contributed by atoms with Crippen molar-refractivity contribution >= 4 is 5.91 Å². The van der Waals surface area contributed by atoms with Crippen LogP contribution in [0.25, 0.3) is 0 Å². The summed E-state index contributed by atoms with van der Waals surface area (Å²) in [5.41, 5.74) is 0. The number of aliphatic hydroxyl groups excluding tert-OH is 1. The van der Waals surface area contributed by atoms with E-state index in [-0.39, 0.29) is 12.5 Å². The number of hydrogen-bond donors (Lipinski definition) is 2. The molecule has 0 atom stereocenters. The van der Waals surface area contributed by atoms with Crippen molar-refractivity contribution in [2.45, 2.75) is 96.8 Å². The van der Waals surface area contributed by atoms with E-state index in [0.717, 1.165) is 25.9 Å². The number of carbonyl (C=O) groups is 1. The van der Waals surface area contributed by atoms with Gasteiger partial charge in [-0.15, -0.1) is 0 Å². The van der Waals surface area contributed by atoms with Crippen molar-refractivity contribution < 1.29 is 9.90 Å². The Kier molecular flexibility index (Phi) is 19.2. The van der Waals surface area contributed by atoms with Crippen LogP contribution in [-0.4, -0.2) is 49.2 Å². The smallest absolute Gasteiger partial charge is 0.219 e. The Morgan fingerprint density at radius 1 is 0.800 bits per heavy atom. The van der Waals surface area contributed by atoms with Crippen LogP contribution in [0, 0.1) is 0 Å². The van der Waals surface area contributed by atoms with Gasteiger partial charge in [0.15, 0.2) is 0 Å². The van der Waals surface area contributed by atoms with Gasteiger partial charge >= 0.3 is 0 Å². The molecule has 0 unspecified atom stereocenters. The summed E-state index contributed by atoms with van der Waals surface area (Å²) in [7, 11) is 1.99. The SMILES string of the molecule is CCCCCCCCCCCCCCC(=O)NCCCN(C)CCO. The Balaban J connectivity index is 3.19. The first-order chi connectivity index (χ1) is 12.2. The van der Waals surface area contributed by atoms with Crippen LogP contribution < -0.4 is 5.32 Å². The Morgan fingerprint density at radius 3 is 1.84 bits per heavy atom. The number of nitrogens with one attached hydrogen (secondary N) is 1. The van der Waals surface area contributed by atoms with Gasteiger partial charge < -0.3 is 15.3 Å². The highest BCUT2D eigenvalue weighted by Crippen LogP contribution is 2.12. The lowest BCUT2D eigenvalue weighted by molar-refractivity contribution is -0.121. The molecule has 0 fully saturated rings. The van der Waals surface area contributed by atoms with Crippen molar-refractivity contribution in [2.75, 3.05) is 33.3 Å². The van der Waals surface area contributed by atoms with Gasteiger partial charge in [-0.05, 0) is 26.4 Å². The molecule has 2 N–H and O–H groups in total. The third kappa shape index (κ3) is 19.6. The molecule has 0 spiro atoms. The monoisotopic (exact) mass is 356 g/mol. The summed E-state index contributed by atoms with van der Waals surface area (Å²) < 4.78 is 0. The van der Waals surface area contributed by atoms with Gasteiger partial charge in [-0.2, -0.15) is 0 Å². The number of carbonyl (C=O) groups excluding carboxylic acids is 1. The van der Waals surface area contributed by atoms with Crippen molar-refractivity contribution in [3.8, 4) is 0 Å². The fourth-order valence-electron chi connectivity index (χ4n) is 3.07. The van der Waals surface area contributed by atoms with E-state index in [0.29, 0.717) is 13.0 Å². The number of nitrogens with zero attached hydrogens (tertiary/aromatic N) is 1. The number of likely N-dealkylation sites (N-methyl/N-ethyl adjacent to an activating group) is 1. The van der Waals surface area contributed by atoms with Gasteiger partial charge in [0, 0.05) is 19.5 Å². The fourth-order valence-corrected chi connectivity index (χ4v) is 3.07. The fraction of sp³-hybridized carbons (Fsp3) is 0.952. The standard InChI is InChI=1S/C21H44N2O2/c1-3-4-5-6-7-8-9-10-11-12-13-14-16-21(25)22-17-15-18-23(2)19-20-24/h24H,3-20H2,1-2H3,(H,22,25). The molecule has 0 bridgehead atoms. The number of amides is 1. The predicted octanol–water partition coefficient (Wildman–Crippen LogP) is 4.51. The van der Waals surface area contributed by atoms with E-state index in [4.69, 9.17) is 5.11 Å². The Bertz CT molecular complexity index is 285. The maximum Gasteiger partial charge on any atom is 0.219 e. The van der Waals surface area contributed by atoms with Gasteiger partial charge in [-0.3, -0.25) is 4.79 Å². The normalized spacial score (nSPS) is 11.2. The highest BCUT2D eigenvalue weighted by molar-refractivity contribution is 5.75. The van der Waals surface area contributed by atoms with E-state index in [1.165, 1.54) is 70.6 Å². The Morgan fingerprint density at radius 2 is 1.32 bits per heavy atom. The molecule has 0 heterocycles. The van der Waals surface area contributed by atoms with Gasteiger partial charge in [0.2, 0.25) is 5.91 Å². The first-order valence-corrected chi connectivity index (χ1v) is 10.8. The largest absolute Gasteiger partial charge is 0.395 e. The number of unbranched alkanes of at least 4 members (excludes halogenated alkanes) is 11. The summed E-state index contributed by atoms with van der Waals surface area (Å²) in [5, 5.41) is 11.8. The first-order valence-electron chi connectivity index (χ1n) is 10.8. The first kappa shape index (κ1) is 24.4. The zero-order valence-electron chi connectivity index (χ0n) is 17.0. The van der Waals surface area contributed by atoms with Crippen LogP contribution in [0.1, 0.15) is 96.8 Å². The quantitative estimate of drug-likeness (QED) is 0.335.